The molecule has 5 nitrogen and oxygen atoms in total. The molecule has 27 heavy (non-hydrogen) atoms. The zero-order valence-electron chi connectivity index (χ0n) is 15.9. The van der Waals surface area contributed by atoms with Gasteiger partial charge < -0.3 is 15.5 Å². The zero-order valence-corrected chi connectivity index (χ0v) is 15.9. The third kappa shape index (κ3) is 5.09. The fraction of sp³-hybridized carbons (Fsp3) is 0.364. The molecule has 2 aromatic carbocycles. The predicted molar refractivity (Wildman–Crippen MR) is 106 cm³/mol. The van der Waals surface area contributed by atoms with Gasteiger partial charge in [-0.3, -0.25) is 4.79 Å². The Morgan fingerprint density at radius 3 is 2.56 bits per heavy atom. The van der Waals surface area contributed by atoms with E-state index in [-0.39, 0.29) is 24.0 Å². The van der Waals surface area contributed by atoms with E-state index in [0.29, 0.717) is 19.5 Å². The molecule has 2 N–H and O–H groups in total. The molecule has 0 radical (unpaired) electrons. The van der Waals surface area contributed by atoms with Gasteiger partial charge in [-0.25, -0.2) is 4.79 Å². The van der Waals surface area contributed by atoms with Crippen LogP contribution in [-0.4, -0.2) is 36.0 Å². The van der Waals surface area contributed by atoms with E-state index >= 15 is 0 Å². The number of hydrogen-bond acceptors (Lipinski definition) is 2. The van der Waals surface area contributed by atoms with Crippen molar-refractivity contribution in [3.63, 3.8) is 0 Å². The molecular weight excluding hydrogens is 338 g/mol. The normalized spacial score (nSPS) is 17.6. The molecule has 2 aromatic rings. The molecule has 1 fully saturated rings. The number of amides is 3. The summed E-state index contributed by atoms with van der Waals surface area (Å²) < 4.78 is 0. The number of carbonyl (C=O) groups is 2. The molecule has 5 heteroatoms. The molecule has 2 unspecified atom stereocenters. The third-order valence-electron chi connectivity index (χ3n) is 5.06. The Morgan fingerprint density at radius 1 is 1.15 bits per heavy atom. The van der Waals surface area contributed by atoms with E-state index < -0.39 is 0 Å². The number of likely N-dealkylation sites (tertiary alicyclic amines) is 1. The van der Waals surface area contributed by atoms with Crippen LogP contribution in [0.4, 0.5) is 4.79 Å². The van der Waals surface area contributed by atoms with Crippen LogP contribution in [-0.2, 0) is 11.2 Å². The van der Waals surface area contributed by atoms with Crippen molar-refractivity contribution in [2.45, 2.75) is 38.8 Å². The zero-order chi connectivity index (χ0) is 19.2. The first kappa shape index (κ1) is 19.0. The quantitative estimate of drug-likeness (QED) is 0.826. The lowest BCUT2D eigenvalue weighted by atomic mass is 10.1. The molecule has 1 aliphatic rings. The number of rotatable bonds is 6. The minimum absolute atomic E-state index is 0.00935. The number of carbonyl (C=O) groups excluding carboxylic acids is 2. The van der Waals surface area contributed by atoms with E-state index in [9.17, 15) is 9.59 Å². The molecule has 0 saturated carbocycles. The molecule has 142 valence electrons. The van der Waals surface area contributed by atoms with Crippen LogP contribution in [0.15, 0.2) is 54.6 Å². The Labute approximate surface area is 160 Å². The second-order valence-corrected chi connectivity index (χ2v) is 7.17. The Bertz CT molecular complexity index is 774. The molecule has 0 aliphatic carbocycles. The number of hydrogen-bond donors (Lipinski definition) is 2. The van der Waals surface area contributed by atoms with Gasteiger partial charge in [0.25, 0.3) is 0 Å². The van der Waals surface area contributed by atoms with Gasteiger partial charge in [0, 0.05) is 19.5 Å². The molecule has 1 heterocycles. The first-order chi connectivity index (χ1) is 13.0. The molecule has 1 aliphatic heterocycles. The molecule has 3 amide bonds. The SMILES string of the molecule is Cc1ccc(CCNC(=O)NC2CC(=O)N(C(C)c3ccccc3)C2)cc1. The predicted octanol–water partition coefficient (Wildman–Crippen LogP) is 3.20. The summed E-state index contributed by atoms with van der Waals surface area (Å²) in [5.41, 5.74) is 3.53. The highest BCUT2D eigenvalue weighted by molar-refractivity contribution is 5.82. The van der Waals surface area contributed by atoms with Gasteiger partial charge in [-0.2, -0.15) is 0 Å². The summed E-state index contributed by atoms with van der Waals surface area (Å²) in [6, 6.07) is 17.9. The maximum atomic E-state index is 12.4. The minimum Gasteiger partial charge on any atom is -0.338 e. The van der Waals surface area contributed by atoms with Crippen LogP contribution in [0.1, 0.15) is 36.1 Å². The summed E-state index contributed by atoms with van der Waals surface area (Å²) in [7, 11) is 0. The van der Waals surface area contributed by atoms with E-state index in [1.165, 1.54) is 11.1 Å². The Kier molecular flexibility index (Phi) is 6.12. The van der Waals surface area contributed by atoms with Crippen LogP contribution >= 0.6 is 0 Å². The lowest BCUT2D eigenvalue weighted by molar-refractivity contribution is -0.129. The van der Waals surface area contributed by atoms with Crippen molar-refractivity contribution < 1.29 is 9.59 Å². The summed E-state index contributed by atoms with van der Waals surface area (Å²) in [6.07, 6.45) is 1.14. The largest absolute Gasteiger partial charge is 0.338 e. The fourth-order valence-electron chi connectivity index (χ4n) is 3.43. The standard InChI is InChI=1S/C22H27N3O2/c1-16-8-10-18(11-9-16)12-13-23-22(27)24-20-14-21(26)25(15-20)17(2)19-6-4-3-5-7-19/h3-11,17,20H,12-15H2,1-2H3,(H2,23,24,27). The molecule has 0 aromatic heterocycles. The topological polar surface area (TPSA) is 61.4 Å². The highest BCUT2D eigenvalue weighted by Crippen LogP contribution is 2.25. The summed E-state index contributed by atoms with van der Waals surface area (Å²) in [5.74, 6) is 0.0799. The van der Waals surface area contributed by atoms with Crippen molar-refractivity contribution in [1.82, 2.24) is 15.5 Å². The van der Waals surface area contributed by atoms with Crippen LogP contribution in [0, 0.1) is 6.92 Å². The van der Waals surface area contributed by atoms with Crippen LogP contribution in [0.2, 0.25) is 0 Å². The number of nitrogens with zero attached hydrogens (tertiary/aromatic N) is 1. The number of urea groups is 1. The molecular formula is C22H27N3O2. The third-order valence-corrected chi connectivity index (χ3v) is 5.06. The molecule has 2 atom stereocenters. The van der Waals surface area contributed by atoms with E-state index in [1.807, 2.05) is 42.2 Å². The minimum atomic E-state index is -0.214. The second kappa shape index (κ2) is 8.71. The molecule has 3 rings (SSSR count). The van der Waals surface area contributed by atoms with Gasteiger partial charge in [0.05, 0.1) is 12.1 Å². The monoisotopic (exact) mass is 365 g/mol. The van der Waals surface area contributed by atoms with Gasteiger partial charge in [0.2, 0.25) is 5.91 Å². The van der Waals surface area contributed by atoms with Crippen molar-refractivity contribution in [3.8, 4) is 0 Å². The molecule has 0 spiro atoms. The van der Waals surface area contributed by atoms with Gasteiger partial charge in [-0.05, 0) is 31.4 Å². The average Bonchev–Trinajstić information content (AvgIpc) is 3.03. The van der Waals surface area contributed by atoms with Gasteiger partial charge in [-0.1, -0.05) is 60.2 Å². The van der Waals surface area contributed by atoms with Crippen LogP contribution in [0.3, 0.4) is 0 Å². The summed E-state index contributed by atoms with van der Waals surface area (Å²) >= 11 is 0. The van der Waals surface area contributed by atoms with Gasteiger partial charge in [0.15, 0.2) is 0 Å². The fourth-order valence-corrected chi connectivity index (χ4v) is 3.43. The van der Waals surface area contributed by atoms with Crippen LogP contribution < -0.4 is 10.6 Å². The Balaban J connectivity index is 1.45. The van der Waals surface area contributed by atoms with Crippen molar-refractivity contribution in [1.29, 1.82) is 0 Å². The number of nitrogens with one attached hydrogen (secondary N) is 2. The average molecular weight is 365 g/mol. The maximum absolute atomic E-state index is 12.4. The Morgan fingerprint density at radius 2 is 1.85 bits per heavy atom. The summed E-state index contributed by atoms with van der Waals surface area (Å²) in [6.45, 7) is 5.19. The van der Waals surface area contributed by atoms with Crippen molar-refractivity contribution in [2.24, 2.45) is 0 Å². The first-order valence-electron chi connectivity index (χ1n) is 9.47. The Hall–Kier alpha value is -2.82. The van der Waals surface area contributed by atoms with E-state index in [0.717, 1.165) is 12.0 Å². The van der Waals surface area contributed by atoms with Gasteiger partial charge in [0.1, 0.15) is 0 Å². The highest BCUT2D eigenvalue weighted by atomic mass is 16.2. The van der Waals surface area contributed by atoms with Crippen molar-refractivity contribution in [2.75, 3.05) is 13.1 Å². The van der Waals surface area contributed by atoms with E-state index in [4.69, 9.17) is 0 Å². The van der Waals surface area contributed by atoms with Crippen LogP contribution in [0.25, 0.3) is 0 Å². The van der Waals surface area contributed by atoms with Gasteiger partial charge in [-0.15, -0.1) is 0 Å². The highest BCUT2D eigenvalue weighted by Gasteiger charge is 2.33. The summed E-state index contributed by atoms with van der Waals surface area (Å²) in [5, 5.41) is 5.81. The van der Waals surface area contributed by atoms with Crippen molar-refractivity contribution >= 4 is 11.9 Å². The summed E-state index contributed by atoms with van der Waals surface area (Å²) in [4.78, 5) is 26.3. The number of aryl methyl sites for hydroxylation is 1. The molecule has 0 bridgehead atoms. The first-order valence-corrected chi connectivity index (χ1v) is 9.47. The van der Waals surface area contributed by atoms with E-state index in [2.05, 4.69) is 41.8 Å². The van der Waals surface area contributed by atoms with Gasteiger partial charge >= 0.3 is 6.03 Å². The molecule has 1 saturated heterocycles. The lowest BCUT2D eigenvalue weighted by Gasteiger charge is -2.25. The number of benzene rings is 2. The van der Waals surface area contributed by atoms with E-state index in [1.54, 1.807) is 0 Å². The van der Waals surface area contributed by atoms with Crippen molar-refractivity contribution in [3.05, 3.63) is 71.3 Å². The maximum Gasteiger partial charge on any atom is 0.315 e. The van der Waals surface area contributed by atoms with Crippen LogP contribution in [0.5, 0.6) is 0 Å². The smallest absolute Gasteiger partial charge is 0.315 e. The lowest BCUT2D eigenvalue weighted by Crippen LogP contribution is -2.44. The second-order valence-electron chi connectivity index (χ2n) is 7.17.